The van der Waals surface area contributed by atoms with E-state index in [0.717, 1.165) is 19.3 Å². The molecule has 4 heteroatoms. The van der Waals surface area contributed by atoms with Crippen LogP contribution in [0.25, 0.3) is 0 Å². The van der Waals surface area contributed by atoms with Crippen molar-refractivity contribution >= 4 is 5.97 Å². The summed E-state index contributed by atoms with van der Waals surface area (Å²) >= 11 is 0. The number of rotatable bonds is 1. The van der Waals surface area contributed by atoms with Crippen LogP contribution >= 0.6 is 0 Å². The van der Waals surface area contributed by atoms with Crippen LogP contribution in [0.5, 0.6) is 0 Å². The first kappa shape index (κ1) is 16.3. The quantitative estimate of drug-likeness (QED) is 0.757. The lowest BCUT2D eigenvalue weighted by Crippen LogP contribution is -2.50. The van der Waals surface area contributed by atoms with Gasteiger partial charge in [-0.3, -0.25) is 4.79 Å². The van der Waals surface area contributed by atoms with Gasteiger partial charge in [0.05, 0.1) is 24.2 Å². The monoisotopic (exact) mass is 310 g/mol. The molecule has 7 atom stereocenters. The second-order valence-electron chi connectivity index (χ2n) is 8.82. The van der Waals surface area contributed by atoms with E-state index >= 15 is 0 Å². The Labute approximate surface area is 133 Å². The van der Waals surface area contributed by atoms with E-state index in [1.54, 1.807) is 0 Å². The summed E-state index contributed by atoms with van der Waals surface area (Å²) in [4.78, 5) is 11.7. The van der Waals surface area contributed by atoms with Gasteiger partial charge in [0.2, 0.25) is 0 Å². The van der Waals surface area contributed by atoms with Gasteiger partial charge in [0.15, 0.2) is 0 Å². The van der Waals surface area contributed by atoms with E-state index in [-0.39, 0.29) is 35.1 Å². The van der Waals surface area contributed by atoms with Crippen molar-refractivity contribution in [1.82, 2.24) is 0 Å². The van der Waals surface area contributed by atoms with Crippen LogP contribution in [0.3, 0.4) is 0 Å². The number of hydrogen-bond donors (Lipinski definition) is 1. The highest BCUT2D eigenvalue weighted by Gasteiger charge is 2.60. The standard InChI is InChI=1S/C18H30O4/c1-10-8-13-11(9-15(19)21-13)16(20)18(5)12(10)6-7-14(18)22-17(2,3)4/h10-14,16,20H,6-9H2,1-5H3/t10-,11+,12+,13+,14-,16-,18+/m0/s1. The first-order valence-corrected chi connectivity index (χ1v) is 8.68. The Bertz CT molecular complexity index is 454. The Morgan fingerprint density at radius 2 is 2.00 bits per heavy atom. The zero-order chi connectivity index (χ0) is 16.3. The first-order chi connectivity index (χ1) is 10.1. The van der Waals surface area contributed by atoms with Gasteiger partial charge in [0.25, 0.3) is 0 Å². The van der Waals surface area contributed by atoms with Crippen LogP contribution in [0.1, 0.15) is 60.3 Å². The predicted molar refractivity (Wildman–Crippen MR) is 83.2 cm³/mol. The third kappa shape index (κ3) is 2.48. The highest BCUT2D eigenvalue weighted by Crippen LogP contribution is 2.57. The molecule has 0 radical (unpaired) electrons. The Kier molecular flexibility index (Phi) is 3.84. The molecule has 2 saturated carbocycles. The van der Waals surface area contributed by atoms with Gasteiger partial charge in [-0.15, -0.1) is 0 Å². The molecule has 3 aliphatic rings. The number of carbonyl (C=O) groups is 1. The largest absolute Gasteiger partial charge is 0.462 e. The molecule has 0 aromatic carbocycles. The maximum atomic E-state index is 11.7. The van der Waals surface area contributed by atoms with Gasteiger partial charge in [-0.2, -0.15) is 0 Å². The van der Waals surface area contributed by atoms with Gasteiger partial charge < -0.3 is 14.6 Å². The number of hydrogen-bond acceptors (Lipinski definition) is 4. The minimum Gasteiger partial charge on any atom is -0.462 e. The minimum atomic E-state index is -0.534. The zero-order valence-electron chi connectivity index (χ0n) is 14.5. The Morgan fingerprint density at radius 1 is 1.32 bits per heavy atom. The van der Waals surface area contributed by atoms with Crippen LogP contribution in [0.2, 0.25) is 0 Å². The zero-order valence-corrected chi connectivity index (χ0v) is 14.5. The maximum absolute atomic E-state index is 11.7. The van der Waals surface area contributed by atoms with Crippen LogP contribution < -0.4 is 0 Å². The summed E-state index contributed by atoms with van der Waals surface area (Å²) < 4.78 is 11.8. The molecule has 4 nitrogen and oxygen atoms in total. The van der Waals surface area contributed by atoms with Crippen LogP contribution in [0.15, 0.2) is 0 Å². The van der Waals surface area contributed by atoms with Gasteiger partial charge >= 0.3 is 5.97 Å². The number of esters is 1. The van der Waals surface area contributed by atoms with Crippen molar-refractivity contribution in [3.63, 3.8) is 0 Å². The smallest absolute Gasteiger partial charge is 0.306 e. The molecule has 1 saturated heterocycles. The molecule has 3 fully saturated rings. The molecular formula is C18H30O4. The summed E-state index contributed by atoms with van der Waals surface area (Å²) in [5, 5.41) is 11.2. The van der Waals surface area contributed by atoms with Crippen molar-refractivity contribution in [2.45, 2.75) is 84.2 Å². The highest BCUT2D eigenvalue weighted by molar-refractivity contribution is 5.72. The second-order valence-corrected chi connectivity index (χ2v) is 8.82. The van der Waals surface area contributed by atoms with Crippen LogP contribution in [-0.2, 0) is 14.3 Å². The number of ether oxygens (including phenoxy) is 2. The molecule has 22 heavy (non-hydrogen) atoms. The van der Waals surface area contributed by atoms with E-state index < -0.39 is 6.10 Å². The van der Waals surface area contributed by atoms with Gasteiger partial charge in [-0.25, -0.2) is 0 Å². The Balaban J connectivity index is 1.94. The lowest BCUT2D eigenvalue weighted by atomic mass is 9.67. The molecule has 2 aliphatic carbocycles. The number of aliphatic hydroxyl groups is 1. The van der Waals surface area contributed by atoms with Crippen molar-refractivity contribution in [1.29, 1.82) is 0 Å². The lowest BCUT2D eigenvalue weighted by Gasteiger charge is -2.44. The second kappa shape index (κ2) is 5.20. The molecule has 3 rings (SSSR count). The van der Waals surface area contributed by atoms with Gasteiger partial charge in [-0.05, 0) is 51.9 Å². The maximum Gasteiger partial charge on any atom is 0.306 e. The average Bonchev–Trinajstić information content (AvgIpc) is 2.87. The van der Waals surface area contributed by atoms with Crippen LogP contribution in [0, 0.1) is 23.2 Å². The summed E-state index contributed by atoms with van der Waals surface area (Å²) in [7, 11) is 0. The van der Waals surface area contributed by atoms with Crippen molar-refractivity contribution in [2.24, 2.45) is 23.2 Å². The third-order valence-corrected chi connectivity index (χ3v) is 6.22. The molecule has 0 unspecified atom stereocenters. The average molecular weight is 310 g/mol. The van der Waals surface area contributed by atoms with Crippen molar-refractivity contribution in [3.8, 4) is 0 Å². The molecule has 1 heterocycles. The van der Waals surface area contributed by atoms with Gasteiger partial charge in [0, 0.05) is 11.3 Å². The fraction of sp³-hybridized carbons (Fsp3) is 0.944. The molecule has 0 aromatic rings. The Hall–Kier alpha value is -0.610. The van der Waals surface area contributed by atoms with Crippen molar-refractivity contribution in [3.05, 3.63) is 0 Å². The van der Waals surface area contributed by atoms with Crippen molar-refractivity contribution in [2.75, 3.05) is 0 Å². The van der Waals surface area contributed by atoms with E-state index in [2.05, 4.69) is 34.6 Å². The van der Waals surface area contributed by atoms with E-state index in [1.807, 2.05) is 0 Å². The molecule has 0 spiro atoms. The van der Waals surface area contributed by atoms with Crippen LogP contribution in [0.4, 0.5) is 0 Å². The molecular weight excluding hydrogens is 280 g/mol. The summed E-state index contributed by atoms with van der Waals surface area (Å²) in [5.74, 6) is 0.636. The van der Waals surface area contributed by atoms with E-state index in [0.29, 0.717) is 18.3 Å². The highest BCUT2D eigenvalue weighted by atomic mass is 16.6. The van der Waals surface area contributed by atoms with E-state index in [1.165, 1.54) is 0 Å². The fourth-order valence-corrected chi connectivity index (χ4v) is 5.27. The normalized spacial score (nSPS) is 48.5. The number of aliphatic hydroxyl groups excluding tert-OH is 1. The lowest BCUT2D eigenvalue weighted by molar-refractivity contribution is -0.157. The number of carbonyl (C=O) groups excluding carboxylic acids is 1. The third-order valence-electron chi connectivity index (χ3n) is 6.22. The molecule has 0 aromatic heterocycles. The molecule has 1 aliphatic heterocycles. The topological polar surface area (TPSA) is 55.8 Å². The Morgan fingerprint density at radius 3 is 2.64 bits per heavy atom. The summed E-state index contributed by atoms with van der Waals surface area (Å²) in [6.07, 6.45) is 2.70. The summed E-state index contributed by atoms with van der Waals surface area (Å²) in [6.45, 7) is 10.6. The SMILES string of the molecule is C[C@H]1C[C@H]2OC(=O)C[C@H]2[C@H](O)[C@@]2(C)[C@@H](OC(C)(C)C)CC[C@H]12. The molecule has 0 amide bonds. The number of fused-ring (bicyclic) bond motifs is 2. The molecule has 126 valence electrons. The van der Waals surface area contributed by atoms with Gasteiger partial charge in [0.1, 0.15) is 6.10 Å². The van der Waals surface area contributed by atoms with Crippen molar-refractivity contribution < 1.29 is 19.4 Å². The fourth-order valence-electron chi connectivity index (χ4n) is 5.27. The first-order valence-electron chi connectivity index (χ1n) is 8.68. The van der Waals surface area contributed by atoms with Crippen LogP contribution in [-0.4, -0.2) is 35.0 Å². The molecule has 0 bridgehead atoms. The van der Waals surface area contributed by atoms with E-state index in [4.69, 9.17) is 9.47 Å². The van der Waals surface area contributed by atoms with E-state index in [9.17, 15) is 9.90 Å². The molecule has 1 N–H and O–H groups in total. The summed E-state index contributed by atoms with van der Waals surface area (Å²) in [6, 6.07) is 0. The minimum absolute atomic E-state index is 0.0457. The van der Waals surface area contributed by atoms with Gasteiger partial charge in [-0.1, -0.05) is 13.8 Å². The predicted octanol–water partition coefficient (Wildman–Crippen LogP) is 2.92. The summed E-state index contributed by atoms with van der Waals surface area (Å²) in [5.41, 5.74) is -0.515.